The monoisotopic (exact) mass is 184 g/mol. The Morgan fingerprint density at radius 2 is 2.67 bits per heavy atom. The van der Waals surface area contributed by atoms with Gasteiger partial charge in [-0.1, -0.05) is 11.8 Å². The maximum absolute atomic E-state index is 4.05. The zero-order chi connectivity index (χ0) is 8.23. The molecule has 1 fully saturated rings. The van der Waals surface area contributed by atoms with Gasteiger partial charge in [0.1, 0.15) is 6.33 Å². The van der Waals surface area contributed by atoms with Gasteiger partial charge < -0.3 is 5.32 Å². The van der Waals surface area contributed by atoms with Gasteiger partial charge in [0, 0.05) is 11.8 Å². The van der Waals surface area contributed by atoms with Gasteiger partial charge in [0.25, 0.3) is 0 Å². The van der Waals surface area contributed by atoms with Crippen LogP contribution in [0.3, 0.4) is 0 Å². The van der Waals surface area contributed by atoms with Crippen LogP contribution in [0.25, 0.3) is 0 Å². The fourth-order valence-corrected chi connectivity index (χ4v) is 2.22. The lowest BCUT2D eigenvalue weighted by Gasteiger charge is -2.06. The summed E-state index contributed by atoms with van der Waals surface area (Å²) in [4.78, 5) is 4.05. The Balaban J connectivity index is 1.74. The quantitative estimate of drug-likeness (QED) is 0.677. The molecule has 0 bridgehead atoms. The summed E-state index contributed by atoms with van der Waals surface area (Å²) >= 11 is 1.73. The molecule has 0 unspecified atom stereocenters. The van der Waals surface area contributed by atoms with Crippen LogP contribution in [0, 0.1) is 0 Å². The van der Waals surface area contributed by atoms with Crippen molar-refractivity contribution in [2.24, 2.45) is 0 Å². The number of hydrogen-bond acceptors (Lipinski definition) is 4. The molecule has 12 heavy (non-hydrogen) atoms. The fraction of sp³-hybridized carbons (Fsp3) is 0.714. The largest absolute Gasteiger partial charge is 0.313 e. The zero-order valence-corrected chi connectivity index (χ0v) is 7.60. The number of nitrogens with zero attached hydrogens (tertiary/aromatic N) is 2. The number of thioether (sulfide) groups is 1. The van der Waals surface area contributed by atoms with Gasteiger partial charge in [-0.2, -0.15) is 5.10 Å². The van der Waals surface area contributed by atoms with E-state index in [0.717, 1.165) is 10.9 Å². The molecule has 1 aromatic rings. The molecule has 1 aromatic heterocycles. The Morgan fingerprint density at radius 3 is 3.33 bits per heavy atom. The van der Waals surface area contributed by atoms with Gasteiger partial charge in [-0.05, 0) is 19.4 Å². The smallest absolute Gasteiger partial charge is 0.183 e. The molecule has 4 nitrogen and oxygen atoms in total. The summed E-state index contributed by atoms with van der Waals surface area (Å²) in [5.41, 5.74) is 0. The van der Waals surface area contributed by atoms with Gasteiger partial charge in [0.15, 0.2) is 5.16 Å². The molecule has 0 aromatic carbocycles. The van der Waals surface area contributed by atoms with Crippen molar-refractivity contribution in [3.05, 3.63) is 6.33 Å². The number of aromatic nitrogens is 3. The Morgan fingerprint density at radius 1 is 1.67 bits per heavy atom. The summed E-state index contributed by atoms with van der Waals surface area (Å²) in [7, 11) is 0. The lowest BCUT2D eigenvalue weighted by atomic mass is 10.3. The van der Waals surface area contributed by atoms with Gasteiger partial charge in [-0.25, -0.2) is 4.98 Å². The Hall–Kier alpha value is -0.550. The highest BCUT2D eigenvalue weighted by molar-refractivity contribution is 7.99. The van der Waals surface area contributed by atoms with Crippen molar-refractivity contribution >= 4 is 11.8 Å². The summed E-state index contributed by atoms with van der Waals surface area (Å²) in [6, 6.07) is 0.667. The minimum Gasteiger partial charge on any atom is -0.313 e. The summed E-state index contributed by atoms with van der Waals surface area (Å²) in [5.74, 6) is 1.09. The normalized spacial score (nSPS) is 23.2. The highest BCUT2D eigenvalue weighted by Crippen LogP contribution is 2.16. The van der Waals surface area contributed by atoms with Gasteiger partial charge in [-0.3, -0.25) is 5.10 Å². The van der Waals surface area contributed by atoms with Gasteiger partial charge in [0.05, 0.1) is 0 Å². The number of aromatic amines is 1. The van der Waals surface area contributed by atoms with E-state index in [-0.39, 0.29) is 0 Å². The molecule has 1 saturated heterocycles. The molecule has 1 aliphatic rings. The van der Waals surface area contributed by atoms with Crippen LogP contribution in [0.2, 0.25) is 0 Å². The van der Waals surface area contributed by atoms with Crippen LogP contribution in [0.15, 0.2) is 11.5 Å². The molecule has 2 N–H and O–H groups in total. The number of rotatable bonds is 3. The van der Waals surface area contributed by atoms with Crippen LogP contribution < -0.4 is 5.32 Å². The topological polar surface area (TPSA) is 53.6 Å². The summed E-state index contributed by atoms with van der Waals surface area (Å²) in [6.07, 6.45) is 4.15. The zero-order valence-electron chi connectivity index (χ0n) is 6.79. The standard InChI is InChI=1S/C7H12N4S/c1-2-6(8-3-1)4-12-7-9-5-10-11-7/h5-6,8H,1-4H2,(H,9,10,11)/t6-/m0/s1. The van der Waals surface area contributed by atoms with E-state index in [2.05, 4.69) is 20.5 Å². The third-order valence-corrected chi connectivity index (χ3v) is 3.02. The third kappa shape index (κ3) is 1.98. The molecule has 0 saturated carbocycles. The van der Waals surface area contributed by atoms with Crippen LogP contribution in [0.5, 0.6) is 0 Å². The first kappa shape index (κ1) is 8.07. The molecule has 2 rings (SSSR count). The van der Waals surface area contributed by atoms with E-state index in [1.807, 2.05) is 0 Å². The first-order valence-electron chi connectivity index (χ1n) is 4.17. The predicted molar refractivity (Wildman–Crippen MR) is 48.1 cm³/mol. The summed E-state index contributed by atoms with van der Waals surface area (Å²) < 4.78 is 0. The Kier molecular flexibility index (Phi) is 2.63. The van der Waals surface area contributed by atoms with Crippen LogP contribution >= 0.6 is 11.8 Å². The SMILES string of the molecule is c1n[nH]c(SC[C@@H]2CCCN2)n1. The predicted octanol–water partition coefficient (Wildman–Crippen LogP) is 0.649. The van der Waals surface area contributed by atoms with E-state index < -0.39 is 0 Å². The van der Waals surface area contributed by atoms with Crippen LogP contribution in [-0.4, -0.2) is 33.5 Å². The number of hydrogen-bond donors (Lipinski definition) is 2. The Bertz CT molecular complexity index is 217. The number of nitrogens with one attached hydrogen (secondary N) is 2. The number of H-pyrrole nitrogens is 1. The van der Waals surface area contributed by atoms with Crippen molar-refractivity contribution in [3.8, 4) is 0 Å². The lowest BCUT2D eigenvalue weighted by Crippen LogP contribution is -2.23. The van der Waals surface area contributed by atoms with Crippen LogP contribution in [0.1, 0.15) is 12.8 Å². The second kappa shape index (κ2) is 3.91. The van der Waals surface area contributed by atoms with E-state index >= 15 is 0 Å². The third-order valence-electron chi connectivity index (χ3n) is 1.98. The molecular weight excluding hydrogens is 172 g/mol. The lowest BCUT2D eigenvalue weighted by molar-refractivity contribution is 0.673. The highest BCUT2D eigenvalue weighted by Gasteiger charge is 2.14. The molecule has 1 aliphatic heterocycles. The fourth-order valence-electron chi connectivity index (χ4n) is 1.34. The van der Waals surface area contributed by atoms with Crippen LogP contribution in [0.4, 0.5) is 0 Å². The maximum Gasteiger partial charge on any atom is 0.183 e. The van der Waals surface area contributed by atoms with Crippen molar-refractivity contribution in [2.45, 2.75) is 24.0 Å². The molecule has 0 radical (unpaired) electrons. The van der Waals surface area contributed by atoms with Crippen molar-refractivity contribution in [1.82, 2.24) is 20.5 Å². The molecule has 0 aliphatic carbocycles. The molecule has 0 amide bonds. The first-order chi connectivity index (χ1) is 5.95. The van der Waals surface area contributed by atoms with Gasteiger partial charge in [-0.15, -0.1) is 0 Å². The van der Waals surface area contributed by atoms with Crippen molar-refractivity contribution in [1.29, 1.82) is 0 Å². The second-order valence-corrected chi connectivity index (χ2v) is 3.90. The average Bonchev–Trinajstić information content (AvgIpc) is 2.74. The van der Waals surface area contributed by atoms with Gasteiger partial charge in [0.2, 0.25) is 0 Å². The van der Waals surface area contributed by atoms with Gasteiger partial charge >= 0.3 is 0 Å². The molecule has 0 spiro atoms. The first-order valence-corrected chi connectivity index (χ1v) is 5.15. The van der Waals surface area contributed by atoms with E-state index in [9.17, 15) is 0 Å². The molecular formula is C7H12N4S. The molecule has 66 valence electrons. The summed E-state index contributed by atoms with van der Waals surface area (Å²) in [5, 5.41) is 11.0. The van der Waals surface area contributed by atoms with E-state index in [1.165, 1.54) is 19.4 Å². The molecule has 1 atom stereocenters. The average molecular weight is 184 g/mol. The van der Waals surface area contributed by atoms with E-state index in [1.54, 1.807) is 18.1 Å². The minimum atomic E-state index is 0.667. The minimum absolute atomic E-state index is 0.667. The van der Waals surface area contributed by atoms with Crippen molar-refractivity contribution < 1.29 is 0 Å². The second-order valence-electron chi connectivity index (χ2n) is 2.89. The summed E-state index contributed by atoms with van der Waals surface area (Å²) in [6.45, 7) is 1.17. The molecule has 2 heterocycles. The van der Waals surface area contributed by atoms with E-state index in [0.29, 0.717) is 6.04 Å². The van der Waals surface area contributed by atoms with E-state index in [4.69, 9.17) is 0 Å². The highest BCUT2D eigenvalue weighted by atomic mass is 32.2. The van der Waals surface area contributed by atoms with Crippen molar-refractivity contribution in [2.75, 3.05) is 12.3 Å². The molecule has 5 heteroatoms. The Labute approximate surface area is 75.5 Å². The maximum atomic E-state index is 4.05. The van der Waals surface area contributed by atoms with Crippen molar-refractivity contribution in [3.63, 3.8) is 0 Å². The van der Waals surface area contributed by atoms with Crippen LogP contribution in [-0.2, 0) is 0 Å².